The third-order valence-electron chi connectivity index (χ3n) is 4.87. The summed E-state index contributed by atoms with van der Waals surface area (Å²) in [7, 11) is 0. The molecule has 28 heavy (non-hydrogen) atoms. The molecule has 0 spiro atoms. The minimum absolute atomic E-state index is 0.0232. The van der Waals surface area contributed by atoms with E-state index in [0.717, 1.165) is 33.8 Å². The van der Waals surface area contributed by atoms with Crippen LogP contribution in [0.1, 0.15) is 23.4 Å². The Bertz CT molecular complexity index is 1120. The minimum atomic E-state index is -0.0232. The first-order valence-electron chi connectivity index (χ1n) is 9.23. The number of anilines is 1. The summed E-state index contributed by atoms with van der Waals surface area (Å²) in [5.74, 6) is 0.562. The van der Waals surface area contributed by atoms with Crippen molar-refractivity contribution in [2.24, 2.45) is 0 Å². The Labute approximate surface area is 163 Å². The number of benzene rings is 2. The summed E-state index contributed by atoms with van der Waals surface area (Å²) < 4.78 is 1.71. The topological polar surface area (TPSA) is 72.2 Å². The van der Waals surface area contributed by atoms with E-state index in [0.29, 0.717) is 18.6 Å². The second-order valence-electron chi connectivity index (χ2n) is 6.72. The summed E-state index contributed by atoms with van der Waals surface area (Å²) in [4.78, 5) is 21.0. The molecule has 0 saturated heterocycles. The van der Waals surface area contributed by atoms with Crippen molar-refractivity contribution in [3.63, 3.8) is 0 Å². The molecule has 0 atom stereocenters. The van der Waals surface area contributed by atoms with E-state index in [2.05, 4.69) is 32.5 Å². The number of nitrogens with zero attached hydrogens (tertiary/aromatic N) is 4. The Kier molecular flexibility index (Phi) is 4.85. The summed E-state index contributed by atoms with van der Waals surface area (Å²) >= 11 is 0. The standard InChI is InChI=1S/C22H21N5O/c1-15-20(16(2)27-22(25-15)23-14-24-27)12-13-21(28)26-19-10-8-18(9-11-19)17-6-4-3-5-7-17/h3-11,14H,12-13H2,1-2H3,(H,26,28). The summed E-state index contributed by atoms with van der Waals surface area (Å²) in [5.41, 5.74) is 5.97. The zero-order valence-corrected chi connectivity index (χ0v) is 15.9. The molecule has 1 N–H and O–H groups in total. The molecule has 1 amide bonds. The van der Waals surface area contributed by atoms with Gasteiger partial charge in [-0.3, -0.25) is 4.79 Å². The molecule has 0 fully saturated rings. The van der Waals surface area contributed by atoms with Gasteiger partial charge in [0.2, 0.25) is 5.91 Å². The number of fused-ring (bicyclic) bond motifs is 1. The van der Waals surface area contributed by atoms with Crippen LogP contribution >= 0.6 is 0 Å². The largest absolute Gasteiger partial charge is 0.326 e. The van der Waals surface area contributed by atoms with Crippen molar-refractivity contribution < 1.29 is 4.79 Å². The van der Waals surface area contributed by atoms with E-state index >= 15 is 0 Å². The number of aromatic nitrogens is 4. The van der Waals surface area contributed by atoms with Crippen LogP contribution in [0.25, 0.3) is 16.9 Å². The third-order valence-corrected chi connectivity index (χ3v) is 4.87. The average molecular weight is 371 g/mol. The Morgan fingerprint density at radius 3 is 2.46 bits per heavy atom. The second kappa shape index (κ2) is 7.60. The number of aryl methyl sites for hydroxylation is 2. The molecule has 0 unspecified atom stereocenters. The van der Waals surface area contributed by atoms with Crippen molar-refractivity contribution in [3.05, 3.63) is 77.9 Å². The van der Waals surface area contributed by atoms with Crippen LogP contribution in [-0.4, -0.2) is 25.5 Å². The molecular weight excluding hydrogens is 350 g/mol. The molecule has 140 valence electrons. The van der Waals surface area contributed by atoms with Crippen molar-refractivity contribution in [1.82, 2.24) is 19.6 Å². The van der Waals surface area contributed by atoms with Gasteiger partial charge in [-0.25, -0.2) is 9.50 Å². The van der Waals surface area contributed by atoms with E-state index in [1.807, 2.05) is 56.3 Å². The number of rotatable bonds is 5. The first-order valence-corrected chi connectivity index (χ1v) is 9.23. The number of hydrogen-bond donors (Lipinski definition) is 1. The van der Waals surface area contributed by atoms with Crippen LogP contribution in [0.5, 0.6) is 0 Å². The van der Waals surface area contributed by atoms with Gasteiger partial charge in [0, 0.05) is 23.5 Å². The van der Waals surface area contributed by atoms with Crippen molar-refractivity contribution in [2.45, 2.75) is 26.7 Å². The van der Waals surface area contributed by atoms with Gasteiger partial charge in [0.25, 0.3) is 5.78 Å². The molecule has 2 aromatic heterocycles. The highest BCUT2D eigenvalue weighted by Crippen LogP contribution is 2.21. The fraction of sp³-hybridized carbons (Fsp3) is 0.182. The molecule has 0 bridgehead atoms. The van der Waals surface area contributed by atoms with Crippen LogP contribution < -0.4 is 5.32 Å². The maximum Gasteiger partial charge on any atom is 0.252 e. The van der Waals surface area contributed by atoms with Crippen LogP contribution in [0.2, 0.25) is 0 Å². The molecule has 0 aliphatic rings. The molecule has 4 rings (SSSR count). The molecule has 2 heterocycles. The lowest BCUT2D eigenvalue weighted by Crippen LogP contribution is -2.14. The fourth-order valence-electron chi connectivity index (χ4n) is 3.36. The van der Waals surface area contributed by atoms with E-state index in [4.69, 9.17) is 0 Å². The first kappa shape index (κ1) is 17.9. The first-order chi connectivity index (χ1) is 13.6. The predicted molar refractivity (Wildman–Crippen MR) is 109 cm³/mol. The lowest BCUT2D eigenvalue weighted by atomic mass is 10.1. The van der Waals surface area contributed by atoms with Crippen molar-refractivity contribution in [3.8, 4) is 11.1 Å². The highest BCUT2D eigenvalue weighted by atomic mass is 16.1. The zero-order chi connectivity index (χ0) is 19.5. The number of amides is 1. The SMILES string of the molecule is Cc1nc2ncnn2c(C)c1CCC(=O)Nc1ccc(-c2ccccc2)cc1. The van der Waals surface area contributed by atoms with Crippen molar-refractivity contribution >= 4 is 17.4 Å². The van der Waals surface area contributed by atoms with Crippen LogP contribution in [0.15, 0.2) is 60.9 Å². The zero-order valence-electron chi connectivity index (χ0n) is 15.9. The lowest BCUT2D eigenvalue weighted by Gasteiger charge is -2.11. The molecule has 0 aliphatic heterocycles. The Morgan fingerprint density at radius 2 is 1.71 bits per heavy atom. The third kappa shape index (κ3) is 3.62. The van der Waals surface area contributed by atoms with Gasteiger partial charge >= 0.3 is 0 Å². The summed E-state index contributed by atoms with van der Waals surface area (Å²) in [6.07, 6.45) is 2.47. The highest BCUT2D eigenvalue weighted by molar-refractivity contribution is 5.91. The van der Waals surface area contributed by atoms with Gasteiger partial charge in [0.1, 0.15) is 6.33 Å². The lowest BCUT2D eigenvalue weighted by molar-refractivity contribution is -0.116. The number of hydrogen-bond acceptors (Lipinski definition) is 4. The molecule has 0 aliphatic carbocycles. The molecule has 4 aromatic rings. The van der Waals surface area contributed by atoms with Crippen molar-refractivity contribution in [2.75, 3.05) is 5.32 Å². The van der Waals surface area contributed by atoms with Gasteiger partial charge in [0.15, 0.2) is 0 Å². The second-order valence-corrected chi connectivity index (χ2v) is 6.72. The Hall–Kier alpha value is -3.54. The van der Waals surface area contributed by atoms with E-state index in [-0.39, 0.29) is 5.91 Å². The van der Waals surface area contributed by atoms with Gasteiger partial charge in [-0.1, -0.05) is 42.5 Å². The summed E-state index contributed by atoms with van der Waals surface area (Å²) in [5, 5.41) is 7.16. The number of nitrogens with one attached hydrogen (secondary N) is 1. The van der Waals surface area contributed by atoms with Crippen LogP contribution in [0, 0.1) is 13.8 Å². The van der Waals surface area contributed by atoms with Crippen molar-refractivity contribution in [1.29, 1.82) is 0 Å². The molecule has 0 radical (unpaired) electrons. The van der Waals surface area contributed by atoms with E-state index in [1.165, 1.54) is 6.33 Å². The maximum atomic E-state index is 12.4. The summed E-state index contributed by atoms with van der Waals surface area (Å²) in [6.45, 7) is 3.92. The van der Waals surface area contributed by atoms with Gasteiger partial charge in [0.05, 0.1) is 0 Å². The van der Waals surface area contributed by atoms with Crippen LogP contribution in [0.4, 0.5) is 5.69 Å². The van der Waals surface area contributed by atoms with E-state index in [1.54, 1.807) is 4.52 Å². The quantitative estimate of drug-likeness (QED) is 0.576. The smallest absolute Gasteiger partial charge is 0.252 e. The predicted octanol–water partition coefficient (Wildman–Crippen LogP) is 3.98. The highest BCUT2D eigenvalue weighted by Gasteiger charge is 2.12. The number of carbonyl (C=O) groups excluding carboxylic acids is 1. The van der Waals surface area contributed by atoms with Gasteiger partial charge < -0.3 is 5.32 Å². The van der Waals surface area contributed by atoms with E-state index in [9.17, 15) is 4.79 Å². The van der Waals surface area contributed by atoms with Gasteiger partial charge in [-0.05, 0) is 49.1 Å². The molecule has 0 saturated carbocycles. The Morgan fingerprint density at radius 1 is 1.00 bits per heavy atom. The molecule has 2 aromatic carbocycles. The molecule has 6 heteroatoms. The van der Waals surface area contributed by atoms with E-state index < -0.39 is 0 Å². The fourth-order valence-corrected chi connectivity index (χ4v) is 3.36. The Balaban J connectivity index is 1.41. The van der Waals surface area contributed by atoms with Crippen LogP contribution in [-0.2, 0) is 11.2 Å². The average Bonchev–Trinajstić information content (AvgIpc) is 3.17. The molecule has 6 nitrogen and oxygen atoms in total. The number of carbonyl (C=O) groups is 1. The van der Waals surface area contributed by atoms with Gasteiger partial charge in [-0.2, -0.15) is 10.1 Å². The summed E-state index contributed by atoms with van der Waals surface area (Å²) in [6, 6.07) is 18.1. The normalized spacial score (nSPS) is 10.9. The van der Waals surface area contributed by atoms with Gasteiger partial charge in [-0.15, -0.1) is 0 Å². The maximum absolute atomic E-state index is 12.4. The molecular formula is C22H21N5O. The minimum Gasteiger partial charge on any atom is -0.326 e. The van der Waals surface area contributed by atoms with Crippen LogP contribution in [0.3, 0.4) is 0 Å². The monoisotopic (exact) mass is 371 g/mol.